The summed E-state index contributed by atoms with van der Waals surface area (Å²) in [4.78, 5) is 24.6. The zero-order valence-corrected chi connectivity index (χ0v) is 21.4. The predicted octanol–water partition coefficient (Wildman–Crippen LogP) is 4.23. The average Bonchev–Trinajstić information content (AvgIpc) is 2.83. The molecule has 0 radical (unpaired) electrons. The van der Waals surface area contributed by atoms with Crippen molar-refractivity contribution >= 4 is 37.6 Å². The second-order valence-electron chi connectivity index (χ2n) is 8.03. The van der Waals surface area contributed by atoms with E-state index in [9.17, 15) is 31.0 Å². The number of nitrogens with one attached hydrogen (secondary N) is 1. The van der Waals surface area contributed by atoms with E-state index in [0.29, 0.717) is 11.1 Å². The molecule has 1 amide bonds. The van der Waals surface area contributed by atoms with Crippen molar-refractivity contribution in [3.63, 3.8) is 0 Å². The van der Waals surface area contributed by atoms with Crippen LogP contribution < -0.4 is 5.32 Å². The molecule has 36 heavy (non-hydrogen) atoms. The SMILES string of the molecule is CCC(=O)c1cccc(C(=O)Nc2ccc(-c3ccc(C)cc3S(=O)(=O)OC)c(CS(=O)(=O)O)c2)c1. The van der Waals surface area contributed by atoms with Crippen LogP contribution in [0.2, 0.25) is 0 Å². The summed E-state index contributed by atoms with van der Waals surface area (Å²) < 4.78 is 62.8. The Kier molecular flexibility index (Phi) is 8.09. The van der Waals surface area contributed by atoms with Crippen molar-refractivity contribution in [3.05, 3.63) is 82.9 Å². The van der Waals surface area contributed by atoms with Gasteiger partial charge >= 0.3 is 0 Å². The molecule has 0 aromatic heterocycles. The van der Waals surface area contributed by atoms with E-state index >= 15 is 0 Å². The lowest BCUT2D eigenvalue weighted by atomic mass is 9.98. The van der Waals surface area contributed by atoms with Gasteiger partial charge in [-0.3, -0.25) is 18.3 Å². The molecule has 0 aliphatic rings. The molecule has 11 heteroatoms. The lowest BCUT2D eigenvalue weighted by molar-refractivity contribution is 0.0988. The van der Waals surface area contributed by atoms with Crippen molar-refractivity contribution in [2.75, 3.05) is 12.4 Å². The van der Waals surface area contributed by atoms with Crippen LogP contribution in [0, 0.1) is 6.92 Å². The molecule has 0 atom stereocenters. The van der Waals surface area contributed by atoms with E-state index in [-0.39, 0.29) is 45.0 Å². The molecule has 0 saturated carbocycles. The summed E-state index contributed by atoms with van der Waals surface area (Å²) in [6, 6.07) is 15.0. The minimum atomic E-state index is -4.52. The maximum absolute atomic E-state index is 12.8. The third-order valence-corrected chi connectivity index (χ3v) is 7.38. The van der Waals surface area contributed by atoms with Gasteiger partial charge in [0.25, 0.3) is 26.1 Å². The third-order valence-electron chi connectivity index (χ3n) is 5.38. The molecule has 3 aromatic rings. The van der Waals surface area contributed by atoms with Crippen LogP contribution in [0.5, 0.6) is 0 Å². The van der Waals surface area contributed by atoms with Gasteiger partial charge in [0.15, 0.2) is 5.78 Å². The topological polar surface area (TPSA) is 144 Å². The van der Waals surface area contributed by atoms with E-state index < -0.39 is 31.9 Å². The van der Waals surface area contributed by atoms with Crippen LogP contribution in [-0.2, 0) is 30.2 Å². The van der Waals surface area contributed by atoms with E-state index in [4.69, 9.17) is 0 Å². The smallest absolute Gasteiger partial charge is 0.297 e. The second kappa shape index (κ2) is 10.7. The number of hydrogen-bond donors (Lipinski definition) is 2. The number of Topliss-reactive ketones (excluding diaryl/α,β-unsaturated/α-hetero) is 1. The zero-order chi connectivity index (χ0) is 26.7. The van der Waals surface area contributed by atoms with Crippen molar-refractivity contribution < 1.29 is 35.2 Å². The number of amides is 1. The van der Waals surface area contributed by atoms with E-state index in [1.807, 2.05) is 0 Å². The molecule has 0 spiro atoms. The fourth-order valence-corrected chi connectivity index (χ4v) is 5.23. The number of benzene rings is 3. The predicted molar refractivity (Wildman–Crippen MR) is 135 cm³/mol. The standard InChI is InChI=1S/C25H25NO8S2/c1-4-23(27)17-6-5-7-18(13-17)25(28)26-20-9-11-21(19(14-20)15-35(29,30)31)22-10-8-16(2)12-24(22)36(32,33)34-3/h5-14H,4,15H2,1-3H3,(H,26,28)(H,29,30,31). The molecule has 3 aromatic carbocycles. The zero-order valence-electron chi connectivity index (χ0n) is 19.8. The Bertz CT molecular complexity index is 1540. The summed E-state index contributed by atoms with van der Waals surface area (Å²) >= 11 is 0. The molecular formula is C25H25NO8S2. The van der Waals surface area contributed by atoms with Crippen molar-refractivity contribution in [3.8, 4) is 11.1 Å². The molecule has 0 aliphatic carbocycles. The number of carbonyl (C=O) groups excluding carboxylic acids is 2. The van der Waals surface area contributed by atoms with E-state index in [1.165, 1.54) is 42.5 Å². The fraction of sp³-hybridized carbons (Fsp3) is 0.200. The second-order valence-corrected chi connectivity index (χ2v) is 11.2. The molecule has 0 unspecified atom stereocenters. The van der Waals surface area contributed by atoms with Crippen LogP contribution in [0.15, 0.2) is 65.6 Å². The largest absolute Gasteiger partial charge is 0.322 e. The Morgan fingerprint density at radius 3 is 2.22 bits per heavy atom. The molecule has 0 heterocycles. The monoisotopic (exact) mass is 531 g/mol. The van der Waals surface area contributed by atoms with Crippen molar-refractivity contribution in [2.45, 2.75) is 30.9 Å². The Labute approximate surface area is 210 Å². The number of anilines is 1. The van der Waals surface area contributed by atoms with Gasteiger partial charge in [-0.15, -0.1) is 0 Å². The van der Waals surface area contributed by atoms with Gasteiger partial charge in [-0.25, -0.2) is 0 Å². The average molecular weight is 532 g/mol. The van der Waals surface area contributed by atoms with Gasteiger partial charge in [0.05, 0.1) is 7.11 Å². The quantitative estimate of drug-likeness (QED) is 0.237. The highest BCUT2D eigenvalue weighted by Crippen LogP contribution is 2.34. The maximum atomic E-state index is 12.8. The third kappa shape index (κ3) is 6.43. The van der Waals surface area contributed by atoms with Crippen LogP contribution >= 0.6 is 0 Å². The molecule has 190 valence electrons. The summed E-state index contributed by atoms with van der Waals surface area (Å²) in [7, 11) is -7.65. The molecule has 9 nitrogen and oxygen atoms in total. The Hall–Kier alpha value is -3.38. The first-order chi connectivity index (χ1) is 16.8. The van der Waals surface area contributed by atoms with E-state index in [0.717, 1.165) is 7.11 Å². The van der Waals surface area contributed by atoms with Gasteiger partial charge in [-0.1, -0.05) is 37.3 Å². The van der Waals surface area contributed by atoms with Gasteiger partial charge in [0.2, 0.25) is 0 Å². The Balaban J connectivity index is 2.08. The van der Waals surface area contributed by atoms with Crippen LogP contribution in [0.3, 0.4) is 0 Å². The molecule has 0 saturated heterocycles. The summed E-state index contributed by atoms with van der Waals surface area (Å²) in [5, 5.41) is 2.64. The lowest BCUT2D eigenvalue weighted by Gasteiger charge is -2.16. The number of hydrogen-bond acceptors (Lipinski definition) is 7. The number of carbonyl (C=O) groups is 2. The van der Waals surface area contributed by atoms with Crippen LogP contribution in [0.4, 0.5) is 5.69 Å². The summed E-state index contributed by atoms with van der Waals surface area (Å²) in [5.41, 5.74) is 1.90. The molecule has 0 bridgehead atoms. The molecule has 3 rings (SSSR count). The van der Waals surface area contributed by atoms with E-state index in [2.05, 4.69) is 9.50 Å². The Morgan fingerprint density at radius 1 is 0.917 bits per heavy atom. The number of aryl methyl sites for hydroxylation is 1. The first-order valence-electron chi connectivity index (χ1n) is 10.8. The number of ketones is 1. The first kappa shape index (κ1) is 27.2. The molecule has 0 aliphatic heterocycles. The van der Waals surface area contributed by atoms with Crippen LogP contribution in [0.25, 0.3) is 11.1 Å². The minimum absolute atomic E-state index is 0.0571. The summed E-state index contributed by atoms with van der Waals surface area (Å²) in [6.45, 7) is 3.41. The summed E-state index contributed by atoms with van der Waals surface area (Å²) in [6.07, 6.45) is 0.283. The molecule has 0 fully saturated rings. The summed E-state index contributed by atoms with van der Waals surface area (Å²) in [5.74, 6) is -1.49. The van der Waals surface area contributed by atoms with Crippen molar-refractivity contribution in [1.29, 1.82) is 0 Å². The van der Waals surface area contributed by atoms with E-state index in [1.54, 1.807) is 32.0 Å². The molecular weight excluding hydrogens is 506 g/mol. The first-order valence-corrected chi connectivity index (χ1v) is 13.8. The van der Waals surface area contributed by atoms with Crippen LogP contribution in [0.1, 0.15) is 45.2 Å². The molecule has 2 N–H and O–H groups in total. The van der Waals surface area contributed by atoms with Gasteiger partial charge in [-0.05, 0) is 53.9 Å². The Morgan fingerprint density at radius 2 is 1.58 bits per heavy atom. The minimum Gasteiger partial charge on any atom is -0.322 e. The van der Waals surface area contributed by atoms with Crippen molar-refractivity contribution in [2.24, 2.45) is 0 Å². The van der Waals surface area contributed by atoms with Gasteiger partial charge in [0.1, 0.15) is 10.6 Å². The highest BCUT2D eigenvalue weighted by molar-refractivity contribution is 7.87. The lowest BCUT2D eigenvalue weighted by Crippen LogP contribution is -2.14. The normalized spacial score (nSPS) is 11.8. The van der Waals surface area contributed by atoms with Gasteiger partial charge < -0.3 is 5.32 Å². The van der Waals surface area contributed by atoms with Gasteiger partial charge in [-0.2, -0.15) is 16.8 Å². The highest BCUT2D eigenvalue weighted by Gasteiger charge is 2.23. The maximum Gasteiger partial charge on any atom is 0.297 e. The fourth-order valence-electron chi connectivity index (χ4n) is 3.64. The van der Waals surface area contributed by atoms with Crippen molar-refractivity contribution in [1.82, 2.24) is 0 Å². The van der Waals surface area contributed by atoms with Gasteiger partial charge in [0, 0.05) is 28.8 Å². The highest BCUT2D eigenvalue weighted by atomic mass is 32.2. The number of rotatable bonds is 9. The van der Waals surface area contributed by atoms with Crippen LogP contribution in [-0.4, -0.2) is 40.2 Å².